The second-order valence-electron chi connectivity index (χ2n) is 12.6. The van der Waals surface area contributed by atoms with Crippen molar-refractivity contribution in [2.24, 2.45) is 41.4 Å². The Labute approximate surface area is 215 Å². The Hall–Kier alpha value is -0.160. The average molecular weight is 481 g/mol. The minimum absolute atomic E-state index is 0.815. The first kappa shape index (κ1) is 31.9. The van der Waals surface area contributed by atoms with Crippen LogP contribution in [0.25, 0.3) is 0 Å². The molecule has 0 spiro atoms. The van der Waals surface area contributed by atoms with Crippen molar-refractivity contribution in [2.45, 2.75) is 106 Å². The second kappa shape index (κ2) is 19.0. The molecule has 0 aromatic carbocycles. The van der Waals surface area contributed by atoms with Crippen LogP contribution < -0.4 is 21.3 Å². The lowest BCUT2D eigenvalue weighted by molar-refractivity contribution is 0.292. The van der Waals surface area contributed by atoms with E-state index < -0.39 is 0 Å². The summed E-state index contributed by atoms with van der Waals surface area (Å²) < 4.78 is 0. The van der Waals surface area contributed by atoms with E-state index in [1.54, 1.807) is 0 Å². The standard InChI is InChI=1S/2C8H17N.2C7H15N/c1-7(2)8-3-5-9-6-4-8;1-7(2)8-4-3-5-9-6-8;1-6(2)7-3-4-8-5-7;1-6(2)7-4-3-5-8-7/h2*7-9H,3-6H2,1-2H3;2*6-8H,3-5H2,1-2H3. The number of piperidine rings is 2. The Balaban J connectivity index is 0.000000227. The highest BCUT2D eigenvalue weighted by atomic mass is 14.9. The topological polar surface area (TPSA) is 48.1 Å². The fraction of sp³-hybridized carbons (Fsp3) is 1.00. The van der Waals surface area contributed by atoms with E-state index in [9.17, 15) is 0 Å². The van der Waals surface area contributed by atoms with Gasteiger partial charge in [0, 0.05) is 6.04 Å². The van der Waals surface area contributed by atoms with Gasteiger partial charge in [0.1, 0.15) is 0 Å². The van der Waals surface area contributed by atoms with E-state index in [-0.39, 0.29) is 0 Å². The lowest BCUT2D eigenvalue weighted by Crippen LogP contribution is -2.32. The predicted octanol–water partition coefficient (Wildman–Crippen LogP) is 5.93. The van der Waals surface area contributed by atoms with E-state index in [2.05, 4.69) is 76.7 Å². The Kier molecular flexibility index (Phi) is 17.8. The molecule has 4 nitrogen and oxygen atoms in total. The first-order valence-corrected chi connectivity index (χ1v) is 15.1. The molecule has 4 heteroatoms. The molecular formula is C30H64N4. The first-order chi connectivity index (χ1) is 16.2. The predicted molar refractivity (Wildman–Crippen MR) is 153 cm³/mol. The van der Waals surface area contributed by atoms with Gasteiger partial charge < -0.3 is 21.3 Å². The highest BCUT2D eigenvalue weighted by Gasteiger charge is 2.18. The highest BCUT2D eigenvalue weighted by Crippen LogP contribution is 2.20. The number of hydrogen-bond donors (Lipinski definition) is 4. The maximum Gasteiger partial charge on any atom is 0.00905 e. The van der Waals surface area contributed by atoms with Gasteiger partial charge in [0.2, 0.25) is 0 Å². The van der Waals surface area contributed by atoms with E-state index in [1.165, 1.54) is 90.8 Å². The minimum atomic E-state index is 0.815. The maximum atomic E-state index is 3.46. The normalized spacial score (nSPS) is 27.7. The highest BCUT2D eigenvalue weighted by molar-refractivity contribution is 4.76. The van der Waals surface area contributed by atoms with Gasteiger partial charge in [0.15, 0.2) is 0 Å². The molecule has 4 heterocycles. The van der Waals surface area contributed by atoms with Crippen LogP contribution in [0.5, 0.6) is 0 Å². The summed E-state index contributed by atoms with van der Waals surface area (Å²) in [5.41, 5.74) is 0. The third-order valence-electron chi connectivity index (χ3n) is 8.55. The molecule has 204 valence electrons. The van der Waals surface area contributed by atoms with E-state index in [1.807, 2.05) is 0 Å². The lowest BCUT2D eigenvalue weighted by Gasteiger charge is -2.25. The molecule has 3 atom stereocenters. The van der Waals surface area contributed by atoms with Gasteiger partial charge in [-0.3, -0.25) is 0 Å². The molecule has 0 aromatic heterocycles. The first-order valence-electron chi connectivity index (χ1n) is 15.1. The van der Waals surface area contributed by atoms with Crippen molar-refractivity contribution < 1.29 is 0 Å². The van der Waals surface area contributed by atoms with Crippen LogP contribution in [0.1, 0.15) is 100 Å². The van der Waals surface area contributed by atoms with E-state index in [0.29, 0.717) is 0 Å². The van der Waals surface area contributed by atoms with Crippen molar-refractivity contribution in [3.05, 3.63) is 0 Å². The summed E-state index contributed by atoms with van der Waals surface area (Å²) in [6.07, 6.45) is 9.74. The van der Waals surface area contributed by atoms with Crippen LogP contribution in [0.15, 0.2) is 0 Å². The second-order valence-corrected chi connectivity index (χ2v) is 12.6. The molecule has 4 aliphatic heterocycles. The van der Waals surface area contributed by atoms with Gasteiger partial charge in [-0.15, -0.1) is 0 Å². The molecule has 3 unspecified atom stereocenters. The lowest BCUT2D eigenvalue weighted by atomic mass is 9.87. The Bertz CT molecular complexity index is 397. The summed E-state index contributed by atoms with van der Waals surface area (Å²) in [5.74, 6) is 6.37. The van der Waals surface area contributed by atoms with Gasteiger partial charge in [-0.2, -0.15) is 0 Å². The SMILES string of the molecule is CC(C)C1CCCN1.CC(C)C1CCCNC1.CC(C)C1CCNC1.CC(C)C1CCNCC1. The molecule has 0 aliphatic carbocycles. The molecule has 0 saturated carbocycles. The van der Waals surface area contributed by atoms with E-state index in [4.69, 9.17) is 0 Å². The summed E-state index contributed by atoms with van der Waals surface area (Å²) >= 11 is 0. The number of nitrogens with one attached hydrogen (secondary N) is 4. The molecular weight excluding hydrogens is 416 g/mol. The van der Waals surface area contributed by atoms with Gasteiger partial charge in [-0.1, -0.05) is 55.4 Å². The van der Waals surface area contributed by atoms with Crippen LogP contribution in [0, 0.1) is 41.4 Å². The number of hydrogen-bond acceptors (Lipinski definition) is 4. The van der Waals surface area contributed by atoms with Gasteiger partial charge in [0.05, 0.1) is 0 Å². The van der Waals surface area contributed by atoms with Crippen LogP contribution in [-0.2, 0) is 0 Å². The largest absolute Gasteiger partial charge is 0.317 e. The van der Waals surface area contributed by atoms with Crippen molar-refractivity contribution in [2.75, 3.05) is 45.8 Å². The van der Waals surface area contributed by atoms with Crippen molar-refractivity contribution >= 4 is 0 Å². The van der Waals surface area contributed by atoms with Crippen molar-refractivity contribution in [3.8, 4) is 0 Å². The van der Waals surface area contributed by atoms with E-state index in [0.717, 1.165) is 47.5 Å². The van der Waals surface area contributed by atoms with Gasteiger partial charge in [0.25, 0.3) is 0 Å². The zero-order chi connectivity index (χ0) is 25.3. The molecule has 4 fully saturated rings. The Morgan fingerprint density at radius 3 is 1.21 bits per heavy atom. The third-order valence-corrected chi connectivity index (χ3v) is 8.55. The summed E-state index contributed by atoms with van der Waals surface area (Å²) in [5, 5.41) is 13.6. The van der Waals surface area contributed by atoms with Gasteiger partial charge in [-0.05, 0) is 132 Å². The molecule has 4 N–H and O–H groups in total. The number of rotatable bonds is 4. The van der Waals surface area contributed by atoms with Crippen LogP contribution in [0.3, 0.4) is 0 Å². The molecule has 0 bridgehead atoms. The maximum absolute atomic E-state index is 3.46. The molecule has 0 radical (unpaired) electrons. The quantitative estimate of drug-likeness (QED) is 0.403. The zero-order valence-electron chi connectivity index (χ0n) is 24.5. The van der Waals surface area contributed by atoms with Crippen LogP contribution >= 0.6 is 0 Å². The summed E-state index contributed by atoms with van der Waals surface area (Å²) in [6.45, 7) is 27.2. The molecule has 4 rings (SSSR count). The van der Waals surface area contributed by atoms with Crippen molar-refractivity contribution in [1.82, 2.24) is 21.3 Å². The smallest absolute Gasteiger partial charge is 0.00905 e. The van der Waals surface area contributed by atoms with Crippen molar-refractivity contribution in [3.63, 3.8) is 0 Å². The minimum Gasteiger partial charge on any atom is -0.317 e. The monoisotopic (exact) mass is 481 g/mol. The summed E-state index contributed by atoms with van der Waals surface area (Å²) in [6, 6.07) is 0.815. The van der Waals surface area contributed by atoms with Crippen LogP contribution in [0.4, 0.5) is 0 Å². The van der Waals surface area contributed by atoms with Crippen LogP contribution in [-0.4, -0.2) is 51.9 Å². The average Bonchev–Trinajstić information content (AvgIpc) is 3.56. The summed E-state index contributed by atoms with van der Waals surface area (Å²) in [7, 11) is 0. The zero-order valence-corrected chi connectivity index (χ0v) is 24.5. The molecule has 34 heavy (non-hydrogen) atoms. The third kappa shape index (κ3) is 14.4. The van der Waals surface area contributed by atoms with Crippen LogP contribution in [0.2, 0.25) is 0 Å². The Morgan fingerprint density at radius 2 is 0.912 bits per heavy atom. The fourth-order valence-electron chi connectivity index (χ4n) is 5.49. The van der Waals surface area contributed by atoms with Gasteiger partial charge in [-0.25, -0.2) is 0 Å². The van der Waals surface area contributed by atoms with E-state index >= 15 is 0 Å². The molecule has 0 amide bonds. The molecule has 4 aliphatic rings. The molecule has 0 aromatic rings. The molecule has 4 saturated heterocycles. The van der Waals surface area contributed by atoms with Crippen molar-refractivity contribution in [1.29, 1.82) is 0 Å². The Morgan fingerprint density at radius 1 is 0.441 bits per heavy atom. The summed E-state index contributed by atoms with van der Waals surface area (Å²) in [4.78, 5) is 0. The fourth-order valence-corrected chi connectivity index (χ4v) is 5.49. The van der Waals surface area contributed by atoms with Gasteiger partial charge >= 0.3 is 0 Å².